The summed E-state index contributed by atoms with van der Waals surface area (Å²) in [4.78, 5) is 11.3. The first-order chi connectivity index (χ1) is 8.22. The maximum absolute atomic E-state index is 13.6. The van der Waals surface area contributed by atoms with Crippen molar-refractivity contribution in [1.29, 1.82) is 0 Å². The van der Waals surface area contributed by atoms with Gasteiger partial charge in [0.2, 0.25) is 5.82 Å². The van der Waals surface area contributed by atoms with Gasteiger partial charge >= 0.3 is 0 Å². The van der Waals surface area contributed by atoms with Crippen molar-refractivity contribution in [2.45, 2.75) is 0 Å². The van der Waals surface area contributed by atoms with Crippen molar-refractivity contribution in [3.63, 3.8) is 0 Å². The average molecular weight is 233 g/mol. The minimum absolute atomic E-state index is 0.0481. The number of carbonyl (C=O) groups excluding carboxylic acids is 1. The first-order valence-corrected chi connectivity index (χ1v) is 4.76. The quantitative estimate of drug-likeness (QED) is 0.761. The average Bonchev–Trinajstić information content (AvgIpc) is 2.39. The van der Waals surface area contributed by atoms with Crippen molar-refractivity contribution in [1.82, 2.24) is 20.4 Å². The van der Waals surface area contributed by atoms with E-state index in [2.05, 4.69) is 20.4 Å². The zero-order chi connectivity index (χ0) is 12.3. The van der Waals surface area contributed by atoms with Crippen LogP contribution < -0.4 is 5.73 Å². The minimum atomic E-state index is -0.662. The fourth-order valence-corrected chi connectivity index (χ4v) is 1.31. The number of nitrogens with zero attached hydrogens (tertiary/aromatic N) is 4. The van der Waals surface area contributed by atoms with Gasteiger partial charge in [-0.05, 0) is 12.1 Å². The second-order valence-corrected chi connectivity index (χ2v) is 3.19. The highest BCUT2D eigenvalue weighted by Crippen LogP contribution is 2.17. The lowest BCUT2D eigenvalue weighted by molar-refractivity contribution is 0.0997. The fraction of sp³-hybridized carbons (Fsp3) is 0.100. The maximum atomic E-state index is 13.6. The summed E-state index contributed by atoms with van der Waals surface area (Å²) in [5.41, 5.74) is 5.51. The van der Waals surface area contributed by atoms with E-state index in [1.807, 2.05) is 0 Å². The van der Waals surface area contributed by atoms with Gasteiger partial charge in [-0.2, -0.15) is 0 Å². The number of rotatable bonds is 3. The number of Topliss-reactive ketones (excluding diaryl/α,β-unsaturated/α-hetero) is 1. The molecule has 0 bridgehead atoms. The second kappa shape index (κ2) is 4.71. The van der Waals surface area contributed by atoms with E-state index in [9.17, 15) is 9.18 Å². The Kier molecular flexibility index (Phi) is 3.10. The van der Waals surface area contributed by atoms with Crippen LogP contribution >= 0.6 is 0 Å². The highest BCUT2D eigenvalue weighted by molar-refractivity contribution is 5.98. The molecule has 0 radical (unpaired) electrons. The van der Waals surface area contributed by atoms with Crippen LogP contribution in [0.4, 0.5) is 4.39 Å². The topological polar surface area (TPSA) is 94.7 Å². The van der Waals surface area contributed by atoms with E-state index < -0.39 is 11.6 Å². The van der Waals surface area contributed by atoms with E-state index in [4.69, 9.17) is 5.73 Å². The van der Waals surface area contributed by atoms with E-state index in [1.165, 1.54) is 18.5 Å². The molecule has 0 unspecified atom stereocenters. The van der Waals surface area contributed by atoms with Crippen LogP contribution in [0, 0.1) is 5.82 Å². The fourth-order valence-electron chi connectivity index (χ4n) is 1.31. The Bertz CT molecular complexity index is 546. The van der Waals surface area contributed by atoms with Gasteiger partial charge in [0, 0.05) is 5.56 Å². The highest BCUT2D eigenvalue weighted by Gasteiger charge is 2.12. The molecule has 17 heavy (non-hydrogen) atoms. The summed E-state index contributed by atoms with van der Waals surface area (Å²) in [7, 11) is 0. The third kappa shape index (κ3) is 2.28. The molecule has 2 aromatic rings. The zero-order valence-corrected chi connectivity index (χ0v) is 8.67. The van der Waals surface area contributed by atoms with Gasteiger partial charge in [-0.1, -0.05) is 6.07 Å². The van der Waals surface area contributed by atoms with Gasteiger partial charge in [-0.15, -0.1) is 20.4 Å². The van der Waals surface area contributed by atoms with Crippen molar-refractivity contribution in [2.24, 2.45) is 5.73 Å². The van der Waals surface area contributed by atoms with Crippen LogP contribution in [0.2, 0.25) is 0 Å². The van der Waals surface area contributed by atoms with Crippen LogP contribution in [-0.4, -0.2) is 32.7 Å². The Morgan fingerprint density at radius 2 is 2.00 bits per heavy atom. The lowest BCUT2D eigenvalue weighted by Gasteiger charge is -2.02. The molecule has 0 fully saturated rings. The summed E-state index contributed by atoms with van der Waals surface area (Å²) in [6, 6.07) is 4.02. The smallest absolute Gasteiger partial charge is 0.203 e. The van der Waals surface area contributed by atoms with Gasteiger partial charge in [0.05, 0.1) is 12.1 Å². The van der Waals surface area contributed by atoms with Crippen molar-refractivity contribution in [2.75, 3.05) is 6.54 Å². The summed E-state index contributed by atoms with van der Waals surface area (Å²) >= 11 is 0. The molecule has 1 aromatic carbocycles. The molecule has 0 saturated heterocycles. The van der Waals surface area contributed by atoms with E-state index in [-0.39, 0.29) is 17.9 Å². The predicted octanol–water partition coefficient (Wildman–Crippen LogP) is 0.214. The second-order valence-electron chi connectivity index (χ2n) is 3.19. The van der Waals surface area contributed by atoms with Crippen molar-refractivity contribution in [3.8, 4) is 11.4 Å². The number of benzene rings is 1. The van der Waals surface area contributed by atoms with Crippen LogP contribution in [-0.2, 0) is 0 Å². The Morgan fingerprint density at radius 1 is 1.29 bits per heavy atom. The lowest BCUT2D eigenvalue weighted by Crippen LogP contribution is -2.15. The molecule has 0 aliphatic heterocycles. The summed E-state index contributed by atoms with van der Waals surface area (Å²) < 4.78 is 13.6. The normalized spacial score (nSPS) is 10.2. The number of aromatic nitrogens is 4. The van der Waals surface area contributed by atoms with Crippen LogP contribution in [0.25, 0.3) is 11.4 Å². The zero-order valence-electron chi connectivity index (χ0n) is 8.67. The summed E-state index contributed by atoms with van der Waals surface area (Å²) in [5, 5.41) is 14.4. The number of nitrogens with two attached hydrogens (primary N) is 1. The van der Waals surface area contributed by atoms with Crippen LogP contribution in [0.5, 0.6) is 0 Å². The van der Waals surface area contributed by atoms with Crippen LogP contribution in [0.1, 0.15) is 10.4 Å². The molecule has 1 heterocycles. The molecule has 86 valence electrons. The molecule has 1 aromatic heterocycles. The molecule has 0 aliphatic carbocycles. The number of carbonyl (C=O) groups is 1. The first-order valence-electron chi connectivity index (χ1n) is 4.76. The first kappa shape index (κ1) is 11.2. The van der Waals surface area contributed by atoms with E-state index in [0.717, 1.165) is 6.07 Å². The molecule has 0 spiro atoms. The largest absolute Gasteiger partial charge is 0.324 e. The monoisotopic (exact) mass is 233 g/mol. The van der Waals surface area contributed by atoms with E-state index in [0.29, 0.717) is 5.56 Å². The molecular formula is C10H8FN5O. The molecule has 0 atom stereocenters. The third-order valence-electron chi connectivity index (χ3n) is 2.12. The van der Waals surface area contributed by atoms with Crippen molar-refractivity contribution < 1.29 is 9.18 Å². The Hall–Kier alpha value is -2.28. The molecule has 0 aliphatic rings. The van der Waals surface area contributed by atoms with Crippen molar-refractivity contribution in [3.05, 3.63) is 35.9 Å². The number of ketones is 1. The van der Waals surface area contributed by atoms with Gasteiger partial charge in [0.1, 0.15) is 5.82 Å². The predicted molar refractivity (Wildman–Crippen MR) is 56.4 cm³/mol. The Morgan fingerprint density at radius 3 is 2.59 bits per heavy atom. The van der Waals surface area contributed by atoms with Crippen LogP contribution in [0.3, 0.4) is 0 Å². The summed E-state index contributed by atoms with van der Waals surface area (Å²) in [6.45, 7) is -0.235. The van der Waals surface area contributed by atoms with Gasteiger partial charge in [-0.25, -0.2) is 4.39 Å². The van der Waals surface area contributed by atoms with Gasteiger partial charge in [0.25, 0.3) is 0 Å². The van der Waals surface area contributed by atoms with E-state index in [1.54, 1.807) is 0 Å². The summed E-state index contributed by atoms with van der Waals surface area (Å²) in [6.07, 6.45) is 1.17. The SMILES string of the molecule is NCC(=O)c1ccc(-c2nncnn2)cc1F. The number of hydrogen-bond acceptors (Lipinski definition) is 6. The van der Waals surface area contributed by atoms with Crippen LogP contribution in [0.15, 0.2) is 24.5 Å². The number of halogens is 1. The van der Waals surface area contributed by atoms with Gasteiger partial charge < -0.3 is 5.73 Å². The molecule has 2 rings (SSSR count). The van der Waals surface area contributed by atoms with Crippen molar-refractivity contribution >= 4 is 5.78 Å². The molecule has 7 heteroatoms. The lowest BCUT2D eigenvalue weighted by atomic mass is 10.1. The highest BCUT2D eigenvalue weighted by atomic mass is 19.1. The standard InChI is InChI=1S/C10H8FN5O/c11-8-3-6(10-15-13-5-14-16-10)1-2-7(8)9(17)4-12/h1-3,5H,4,12H2. The molecule has 0 saturated carbocycles. The minimum Gasteiger partial charge on any atom is -0.324 e. The van der Waals surface area contributed by atoms with E-state index >= 15 is 0 Å². The van der Waals surface area contributed by atoms with Gasteiger partial charge in [0.15, 0.2) is 12.1 Å². The molecule has 6 nitrogen and oxygen atoms in total. The number of hydrogen-bond donors (Lipinski definition) is 1. The molecule has 2 N–H and O–H groups in total. The molecule has 0 amide bonds. The van der Waals surface area contributed by atoms with Gasteiger partial charge in [-0.3, -0.25) is 4.79 Å². The summed E-state index contributed by atoms with van der Waals surface area (Å²) in [5.74, 6) is -0.928. The maximum Gasteiger partial charge on any atom is 0.203 e. The Balaban J connectivity index is 2.41. The molecular weight excluding hydrogens is 225 g/mol. The third-order valence-corrected chi connectivity index (χ3v) is 2.12. The Labute approximate surface area is 95.7 Å².